The summed E-state index contributed by atoms with van der Waals surface area (Å²) in [4.78, 5) is 22.6. The molecule has 0 bridgehead atoms. The van der Waals surface area contributed by atoms with E-state index < -0.39 is 12.0 Å². The van der Waals surface area contributed by atoms with Crippen molar-refractivity contribution in [2.45, 2.75) is 64.8 Å². The van der Waals surface area contributed by atoms with Crippen molar-refractivity contribution < 1.29 is 14.7 Å². The molecular formula is C15H27NO3. The monoisotopic (exact) mass is 269 g/mol. The van der Waals surface area contributed by atoms with E-state index in [4.69, 9.17) is 5.11 Å². The molecule has 0 aliphatic heterocycles. The van der Waals surface area contributed by atoms with Gasteiger partial charge in [0.1, 0.15) is 6.04 Å². The van der Waals surface area contributed by atoms with E-state index >= 15 is 0 Å². The van der Waals surface area contributed by atoms with Gasteiger partial charge in [-0.2, -0.15) is 0 Å². The molecule has 19 heavy (non-hydrogen) atoms. The Kier molecular flexibility index (Phi) is 9.85. The Bertz CT molecular complexity index is 287. The third-order valence-corrected chi connectivity index (χ3v) is 2.88. The molecule has 0 aromatic heterocycles. The van der Waals surface area contributed by atoms with Crippen molar-refractivity contribution in [2.24, 2.45) is 5.92 Å². The van der Waals surface area contributed by atoms with E-state index in [-0.39, 0.29) is 11.8 Å². The summed E-state index contributed by atoms with van der Waals surface area (Å²) in [6.07, 6.45) is 7.79. The molecule has 110 valence electrons. The number of rotatable bonds is 11. The van der Waals surface area contributed by atoms with Gasteiger partial charge in [-0.3, -0.25) is 4.79 Å². The first-order valence-corrected chi connectivity index (χ1v) is 7.10. The average molecular weight is 269 g/mol. The summed E-state index contributed by atoms with van der Waals surface area (Å²) in [5.41, 5.74) is 0. The van der Waals surface area contributed by atoms with Crippen LogP contribution < -0.4 is 5.32 Å². The summed E-state index contributed by atoms with van der Waals surface area (Å²) in [6.45, 7) is 7.54. The number of amides is 1. The van der Waals surface area contributed by atoms with Crippen molar-refractivity contribution in [2.75, 3.05) is 0 Å². The van der Waals surface area contributed by atoms with Crippen molar-refractivity contribution in [1.29, 1.82) is 0 Å². The SMILES string of the molecule is C=CCCCCCC[C@H](NC(=O)CC(C)C)C(=O)O. The maximum atomic E-state index is 11.6. The number of carboxylic acid groups (broad SMARTS) is 1. The van der Waals surface area contributed by atoms with Crippen LogP contribution in [-0.2, 0) is 9.59 Å². The zero-order valence-electron chi connectivity index (χ0n) is 12.2. The van der Waals surface area contributed by atoms with Gasteiger partial charge in [0.05, 0.1) is 0 Å². The predicted octanol–water partition coefficient (Wildman–Crippen LogP) is 3.13. The molecule has 0 aromatic carbocycles. The highest BCUT2D eigenvalue weighted by atomic mass is 16.4. The number of hydrogen-bond donors (Lipinski definition) is 2. The first-order chi connectivity index (χ1) is 8.97. The van der Waals surface area contributed by atoms with Gasteiger partial charge in [-0.15, -0.1) is 6.58 Å². The summed E-state index contributed by atoms with van der Waals surface area (Å²) in [5, 5.41) is 11.7. The highest BCUT2D eigenvalue weighted by molar-refractivity contribution is 5.83. The molecule has 0 unspecified atom stereocenters. The summed E-state index contributed by atoms with van der Waals surface area (Å²) in [5.74, 6) is -0.870. The normalized spacial score (nSPS) is 12.2. The molecule has 0 saturated heterocycles. The van der Waals surface area contributed by atoms with Crippen molar-refractivity contribution in [3.63, 3.8) is 0 Å². The second-order valence-corrected chi connectivity index (χ2v) is 5.34. The van der Waals surface area contributed by atoms with Crippen molar-refractivity contribution in [3.05, 3.63) is 12.7 Å². The molecule has 0 aliphatic rings. The fourth-order valence-electron chi connectivity index (χ4n) is 1.87. The van der Waals surface area contributed by atoms with Crippen LogP contribution >= 0.6 is 0 Å². The minimum absolute atomic E-state index is 0.172. The number of hydrogen-bond acceptors (Lipinski definition) is 2. The standard InChI is InChI=1S/C15H27NO3/c1-4-5-6-7-8-9-10-13(15(18)19)16-14(17)11-12(2)3/h4,12-13H,1,5-11H2,2-3H3,(H,16,17)(H,18,19)/t13-/m0/s1. The van der Waals surface area contributed by atoms with Crippen molar-refractivity contribution >= 4 is 11.9 Å². The largest absolute Gasteiger partial charge is 0.480 e. The number of nitrogens with one attached hydrogen (secondary N) is 1. The van der Waals surface area contributed by atoms with E-state index in [0.29, 0.717) is 12.8 Å². The molecule has 0 aliphatic carbocycles. The molecule has 2 N–H and O–H groups in total. The van der Waals surface area contributed by atoms with E-state index in [2.05, 4.69) is 11.9 Å². The highest BCUT2D eigenvalue weighted by Crippen LogP contribution is 2.09. The van der Waals surface area contributed by atoms with Gasteiger partial charge in [0.15, 0.2) is 0 Å². The van der Waals surface area contributed by atoms with Gasteiger partial charge in [0, 0.05) is 6.42 Å². The molecule has 1 amide bonds. The van der Waals surface area contributed by atoms with Gasteiger partial charge in [-0.25, -0.2) is 4.79 Å². The minimum atomic E-state index is -0.941. The molecule has 4 heteroatoms. The summed E-state index contributed by atoms with van der Waals surface area (Å²) in [6, 6.07) is -0.745. The molecule has 0 fully saturated rings. The lowest BCUT2D eigenvalue weighted by Gasteiger charge is -2.15. The number of carbonyl (C=O) groups excluding carboxylic acids is 1. The molecule has 1 atom stereocenters. The summed E-state index contributed by atoms with van der Waals surface area (Å²) in [7, 11) is 0. The van der Waals surface area contributed by atoms with Crippen LogP contribution in [0.15, 0.2) is 12.7 Å². The number of carboxylic acids is 1. The van der Waals surface area contributed by atoms with Gasteiger partial charge in [0.25, 0.3) is 0 Å². The molecule has 4 nitrogen and oxygen atoms in total. The summed E-state index contributed by atoms with van der Waals surface area (Å²) >= 11 is 0. The van der Waals surface area contributed by atoms with Crippen LogP contribution in [0.2, 0.25) is 0 Å². The molecule has 0 spiro atoms. The zero-order chi connectivity index (χ0) is 14.7. The van der Waals surface area contributed by atoms with Crippen LogP contribution in [0.5, 0.6) is 0 Å². The zero-order valence-corrected chi connectivity index (χ0v) is 12.2. The van der Waals surface area contributed by atoms with E-state index in [9.17, 15) is 9.59 Å². The Balaban J connectivity index is 3.89. The Morgan fingerprint density at radius 3 is 2.37 bits per heavy atom. The predicted molar refractivity (Wildman–Crippen MR) is 76.9 cm³/mol. The average Bonchev–Trinajstić information content (AvgIpc) is 2.30. The fourth-order valence-corrected chi connectivity index (χ4v) is 1.87. The third-order valence-electron chi connectivity index (χ3n) is 2.88. The quantitative estimate of drug-likeness (QED) is 0.447. The van der Waals surface area contributed by atoms with Crippen LogP contribution in [0, 0.1) is 5.92 Å². The number of aliphatic carboxylic acids is 1. The van der Waals surface area contributed by atoms with Gasteiger partial charge >= 0.3 is 5.97 Å². The Morgan fingerprint density at radius 2 is 1.84 bits per heavy atom. The molecule has 0 rings (SSSR count). The number of allylic oxidation sites excluding steroid dienone is 1. The smallest absolute Gasteiger partial charge is 0.326 e. The highest BCUT2D eigenvalue weighted by Gasteiger charge is 2.19. The van der Waals surface area contributed by atoms with Gasteiger partial charge in [-0.05, 0) is 25.2 Å². The molecule has 0 saturated carbocycles. The topological polar surface area (TPSA) is 66.4 Å². The van der Waals surface area contributed by atoms with Crippen LogP contribution in [0.25, 0.3) is 0 Å². The van der Waals surface area contributed by atoms with Crippen LogP contribution in [0.3, 0.4) is 0 Å². The van der Waals surface area contributed by atoms with Gasteiger partial charge in [-0.1, -0.05) is 39.2 Å². The summed E-state index contributed by atoms with van der Waals surface area (Å²) < 4.78 is 0. The fraction of sp³-hybridized carbons (Fsp3) is 0.733. The lowest BCUT2D eigenvalue weighted by Crippen LogP contribution is -2.41. The Labute approximate surface area is 116 Å². The Morgan fingerprint density at radius 1 is 1.21 bits per heavy atom. The van der Waals surface area contributed by atoms with Crippen molar-refractivity contribution in [3.8, 4) is 0 Å². The van der Waals surface area contributed by atoms with E-state index in [1.807, 2.05) is 19.9 Å². The second-order valence-electron chi connectivity index (χ2n) is 5.34. The van der Waals surface area contributed by atoms with E-state index in [0.717, 1.165) is 32.1 Å². The first-order valence-electron chi connectivity index (χ1n) is 7.10. The van der Waals surface area contributed by atoms with E-state index in [1.54, 1.807) is 0 Å². The van der Waals surface area contributed by atoms with E-state index in [1.165, 1.54) is 0 Å². The lowest BCUT2D eigenvalue weighted by molar-refractivity contribution is -0.142. The van der Waals surface area contributed by atoms with Crippen LogP contribution in [-0.4, -0.2) is 23.0 Å². The molecule has 0 radical (unpaired) electrons. The molecule has 0 heterocycles. The number of unbranched alkanes of at least 4 members (excludes halogenated alkanes) is 4. The first kappa shape index (κ1) is 17.7. The Hall–Kier alpha value is -1.32. The van der Waals surface area contributed by atoms with Crippen LogP contribution in [0.1, 0.15) is 58.8 Å². The van der Waals surface area contributed by atoms with Crippen LogP contribution in [0.4, 0.5) is 0 Å². The third kappa shape index (κ3) is 10.3. The maximum absolute atomic E-state index is 11.6. The number of carbonyl (C=O) groups is 2. The van der Waals surface area contributed by atoms with Gasteiger partial charge < -0.3 is 10.4 Å². The molecular weight excluding hydrogens is 242 g/mol. The maximum Gasteiger partial charge on any atom is 0.326 e. The second kappa shape index (κ2) is 10.6. The lowest BCUT2D eigenvalue weighted by atomic mass is 10.1. The minimum Gasteiger partial charge on any atom is -0.480 e. The molecule has 0 aromatic rings. The van der Waals surface area contributed by atoms with Gasteiger partial charge in [0.2, 0.25) is 5.91 Å². The van der Waals surface area contributed by atoms with Crippen molar-refractivity contribution in [1.82, 2.24) is 5.32 Å².